The molecule has 1 amide bonds. The van der Waals surface area contributed by atoms with Crippen LogP contribution in [-0.4, -0.2) is 34.9 Å². The highest BCUT2D eigenvalue weighted by Crippen LogP contribution is 2.09. The lowest BCUT2D eigenvalue weighted by atomic mass is 10.1. The van der Waals surface area contributed by atoms with Crippen LogP contribution in [0.15, 0.2) is 48.6 Å². The Kier molecular flexibility index (Phi) is 26.6. The highest BCUT2D eigenvalue weighted by atomic mass is 16.3. The minimum atomic E-state index is -0.872. The van der Waals surface area contributed by atoms with E-state index in [4.69, 9.17) is 0 Å². The number of carbonyl (C=O) groups excluding carboxylic acids is 1. The van der Waals surface area contributed by atoms with Gasteiger partial charge in [-0.1, -0.05) is 107 Å². The highest BCUT2D eigenvalue weighted by Gasteiger charge is 2.17. The van der Waals surface area contributed by atoms with Crippen molar-refractivity contribution in [2.24, 2.45) is 0 Å². The lowest BCUT2D eigenvalue weighted by Gasteiger charge is -2.19. The second kappa shape index (κ2) is 27.9. The summed E-state index contributed by atoms with van der Waals surface area (Å²) in [5.74, 6) is -0.101. The van der Waals surface area contributed by atoms with E-state index < -0.39 is 12.1 Å². The van der Waals surface area contributed by atoms with Gasteiger partial charge in [-0.05, 0) is 64.2 Å². The fourth-order valence-corrected chi connectivity index (χ4v) is 3.91. The average Bonchev–Trinajstić information content (AvgIpc) is 2.88. The van der Waals surface area contributed by atoms with Crippen molar-refractivity contribution in [2.75, 3.05) is 6.61 Å². The molecule has 4 nitrogen and oxygen atoms in total. The number of carbonyl (C=O) groups is 1. The Hall–Kier alpha value is -1.65. The largest absolute Gasteiger partial charge is 0.394 e. The predicted molar refractivity (Wildman–Crippen MR) is 156 cm³/mol. The summed E-state index contributed by atoms with van der Waals surface area (Å²) in [6.45, 7) is 4.16. The summed E-state index contributed by atoms with van der Waals surface area (Å²) in [6, 6.07) is -0.649. The summed E-state index contributed by atoms with van der Waals surface area (Å²) in [7, 11) is 0. The number of amides is 1. The second-order valence-electron chi connectivity index (χ2n) is 9.79. The zero-order valence-corrected chi connectivity index (χ0v) is 23.5. The van der Waals surface area contributed by atoms with E-state index in [9.17, 15) is 15.0 Å². The van der Waals surface area contributed by atoms with E-state index in [1.807, 2.05) is 6.08 Å². The monoisotopic (exact) mass is 503 g/mol. The molecule has 0 heterocycles. The number of allylic oxidation sites excluding steroid dienone is 7. The van der Waals surface area contributed by atoms with Gasteiger partial charge < -0.3 is 15.5 Å². The van der Waals surface area contributed by atoms with Crippen LogP contribution in [0.2, 0.25) is 0 Å². The molecular weight excluding hydrogens is 446 g/mol. The Balaban J connectivity index is 3.81. The quantitative estimate of drug-likeness (QED) is 0.0870. The molecule has 2 unspecified atom stereocenters. The Morgan fingerprint density at radius 3 is 1.72 bits per heavy atom. The van der Waals surface area contributed by atoms with Crippen molar-refractivity contribution < 1.29 is 15.0 Å². The first-order chi connectivity index (χ1) is 17.7. The third-order valence-corrected chi connectivity index (χ3v) is 6.24. The first-order valence-electron chi connectivity index (χ1n) is 14.9. The fourth-order valence-electron chi connectivity index (χ4n) is 3.91. The molecule has 0 aromatic rings. The van der Waals surface area contributed by atoms with E-state index in [2.05, 4.69) is 55.6 Å². The SMILES string of the molecule is CCC/C=C/CC/C=C/CC/C=C/C(O)C(CO)NC(=O)CCCCC/C=C\CCCCCCCC. The number of aliphatic hydroxyl groups is 2. The lowest BCUT2D eigenvalue weighted by Crippen LogP contribution is -2.45. The number of hydrogen-bond acceptors (Lipinski definition) is 3. The van der Waals surface area contributed by atoms with Crippen molar-refractivity contribution in [2.45, 2.75) is 142 Å². The maximum atomic E-state index is 12.2. The van der Waals surface area contributed by atoms with Gasteiger partial charge in [0.05, 0.1) is 18.8 Å². The number of unbranched alkanes of at least 4 members (excludes halogenated alkanes) is 12. The molecule has 0 saturated heterocycles. The van der Waals surface area contributed by atoms with Crippen LogP contribution in [0.3, 0.4) is 0 Å². The Morgan fingerprint density at radius 2 is 1.14 bits per heavy atom. The molecule has 0 saturated carbocycles. The molecule has 0 aliphatic carbocycles. The molecule has 0 aromatic heterocycles. The normalized spacial score (nSPS) is 14.0. The Morgan fingerprint density at radius 1 is 0.639 bits per heavy atom. The van der Waals surface area contributed by atoms with Crippen molar-refractivity contribution in [3.8, 4) is 0 Å². The van der Waals surface area contributed by atoms with Gasteiger partial charge in [-0.25, -0.2) is 0 Å². The van der Waals surface area contributed by atoms with Crippen LogP contribution in [0.25, 0.3) is 0 Å². The van der Waals surface area contributed by atoms with E-state index in [1.165, 1.54) is 51.4 Å². The third-order valence-electron chi connectivity index (χ3n) is 6.24. The van der Waals surface area contributed by atoms with Crippen LogP contribution in [0.1, 0.15) is 129 Å². The number of aliphatic hydroxyl groups excluding tert-OH is 2. The number of nitrogens with one attached hydrogen (secondary N) is 1. The molecule has 0 aliphatic heterocycles. The van der Waals surface area contributed by atoms with Crippen molar-refractivity contribution in [3.05, 3.63) is 48.6 Å². The van der Waals surface area contributed by atoms with Crippen molar-refractivity contribution in [1.29, 1.82) is 0 Å². The van der Waals surface area contributed by atoms with Crippen molar-refractivity contribution in [1.82, 2.24) is 5.32 Å². The predicted octanol–water partition coefficient (Wildman–Crippen LogP) is 8.11. The average molecular weight is 504 g/mol. The van der Waals surface area contributed by atoms with Crippen LogP contribution in [0.4, 0.5) is 0 Å². The molecular formula is C32H57NO3. The van der Waals surface area contributed by atoms with Gasteiger partial charge in [0, 0.05) is 6.42 Å². The van der Waals surface area contributed by atoms with Gasteiger partial charge in [0.15, 0.2) is 0 Å². The highest BCUT2D eigenvalue weighted by molar-refractivity contribution is 5.76. The molecule has 4 heteroatoms. The third kappa shape index (κ3) is 24.1. The Bertz CT molecular complexity index is 594. The summed E-state index contributed by atoms with van der Waals surface area (Å²) in [4.78, 5) is 12.2. The number of hydrogen-bond donors (Lipinski definition) is 3. The van der Waals surface area contributed by atoms with E-state index in [-0.39, 0.29) is 12.5 Å². The van der Waals surface area contributed by atoms with Crippen LogP contribution in [-0.2, 0) is 4.79 Å². The van der Waals surface area contributed by atoms with Crippen LogP contribution in [0, 0.1) is 0 Å². The molecule has 0 bridgehead atoms. The summed E-state index contributed by atoms with van der Waals surface area (Å²) in [5.41, 5.74) is 0. The van der Waals surface area contributed by atoms with Gasteiger partial charge in [0.2, 0.25) is 5.91 Å². The maximum absolute atomic E-state index is 12.2. The van der Waals surface area contributed by atoms with Gasteiger partial charge in [-0.2, -0.15) is 0 Å². The molecule has 0 aromatic carbocycles. The van der Waals surface area contributed by atoms with Gasteiger partial charge in [0.1, 0.15) is 0 Å². The zero-order valence-electron chi connectivity index (χ0n) is 23.5. The van der Waals surface area contributed by atoms with Crippen molar-refractivity contribution in [3.63, 3.8) is 0 Å². The van der Waals surface area contributed by atoms with E-state index in [0.29, 0.717) is 6.42 Å². The minimum Gasteiger partial charge on any atom is -0.394 e. The maximum Gasteiger partial charge on any atom is 0.220 e. The van der Waals surface area contributed by atoms with Gasteiger partial charge in [0.25, 0.3) is 0 Å². The molecule has 0 fully saturated rings. The summed E-state index contributed by atoms with van der Waals surface area (Å²) in [5, 5.41) is 22.6. The second-order valence-corrected chi connectivity index (χ2v) is 9.79. The summed E-state index contributed by atoms with van der Waals surface area (Å²) >= 11 is 0. The molecule has 0 rings (SSSR count). The molecule has 208 valence electrons. The molecule has 3 N–H and O–H groups in total. The molecule has 0 radical (unpaired) electrons. The topological polar surface area (TPSA) is 69.6 Å². The molecule has 2 atom stereocenters. The molecule has 0 spiro atoms. The van der Waals surface area contributed by atoms with E-state index >= 15 is 0 Å². The fraction of sp³-hybridized carbons (Fsp3) is 0.719. The first kappa shape index (κ1) is 34.4. The summed E-state index contributed by atoms with van der Waals surface area (Å²) in [6.07, 6.45) is 36.1. The molecule has 0 aliphatic rings. The molecule has 36 heavy (non-hydrogen) atoms. The van der Waals surface area contributed by atoms with Crippen LogP contribution < -0.4 is 5.32 Å². The zero-order chi connectivity index (χ0) is 26.5. The lowest BCUT2D eigenvalue weighted by molar-refractivity contribution is -0.123. The Labute approximate surface area is 223 Å². The van der Waals surface area contributed by atoms with Crippen molar-refractivity contribution >= 4 is 5.91 Å². The van der Waals surface area contributed by atoms with Crippen LogP contribution in [0.5, 0.6) is 0 Å². The standard InChI is InChI=1S/C32H57NO3/c1-3-5-7-9-11-13-15-16-18-20-22-24-26-28-32(36)33-30(29-34)31(35)27-25-23-21-19-17-14-12-10-8-6-4-2/h8,10,16-19,25,27,30-31,34-35H,3-7,9,11-15,20-24,26,28-29H2,1-2H3,(H,33,36)/b10-8+,18-16-,19-17+,27-25+. The first-order valence-corrected chi connectivity index (χ1v) is 14.9. The number of rotatable bonds is 25. The van der Waals surface area contributed by atoms with Gasteiger partial charge in [-0.15, -0.1) is 0 Å². The van der Waals surface area contributed by atoms with E-state index in [1.54, 1.807) is 6.08 Å². The smallest absolute Gasteiger partial charge is 0.220 e. The van der Waals surface area contributed by atoms with Crippen LogP contribution >= 0.6 is 0 Å². The van der Waals surface area contributed by atoms with E-state index in [0.717, 1.165) is 57.8 Å². The summed E-state index contributed by atoms with van der Waals surface area (Å²) < 4.78 is 0. The van der Waals surface area contributed by atoms with Gasteiger partial charge >= 0.3 is 0 Å². The van der Waals surface area contributed by atoms with Gasteiger partial charge in [-0.3, -0.25) is 4.79 Å². The minimum absolute atomic E-state index is 0.101.